The van der Waals surface area contributed by atoms with Crippen molar-refractivity contribution >= 4 is 40.0 Å². The maximum Gasteiger partial charge on any atom is 0.269 e. The highest BCUT2D eigenvalue weighted by molar-refractivity contribution is 6.39. The van der Waals surface area contributed by atoms with E-state index < -0.39 is 6.10 Å². The Morgan fingerprint density at radius 3 is 2.95 bits per heavy atom. The van der Waals surface area contributed by atoms with Gasteiger partial charge in [0.25, 0.3) is 5.91 Å². The average Bonchev–Trinajstić information content (AvgIpc) is 2.76. The Labute approximate surface area is 132 Å². The molecule has 0 saturated heterocycles. The quantitative estimate of drug-likeness (QED) is 0.762. The molecule has 5 nitrogen and oxygen atoms in total. The fourth-order valence-electron chi connectivity index (χ4n) is 2.00. The Morgan fingerprint density at radius 2 is 2.24 bits per heavy atom. The number of halogens is 2. The minimum absolute atomic E-state index is 0.238. The number of aliphatic hydroxyl groups is 1. The lowest BCUT2D eigenvalue weighted by Crippen LogP contribution is -2.28. The van der Waals surface area contributed by atoms with Crippen LogP contribution in [0.2, 0.25) is 10.0 Å². The minimum Gasteiger partial charge on any atom is -0.391 e. The summed E-state index contributed by atoms with van der Waals surface area (Å²) < 4.78 is 4.81. The number of carbonyl (C=O) groups is 1. The van der Waals surface area contributed by atoms with Crippen molar-refractivity contribution in [1.82, 2.24) is 10.3 Å². The lowest BCUT2D eigenvalue weighted by Gasteiger charge is -2.09. The van der Waals surface area contributed by atoms with E-state index in [0.717, 1.165) is 5.52 Å². The molecule has 114 valence electrons. The lowest BCUT2D eigenvalue weighted by molar-refractivity contribution is 0.0587. The van der Waals surface area contributed by atoms with Crippen molar-refractivity contribution in [2.24, 2.45) is 0 Å². The molecule has 21 heavy (non-hydrogen) atoms. The summed E-state index contributed by atoms with van der Waals surface area (Å²) in [6, 6.07) is 5.19. The fourth-order valence-corrected chi connectivity index (χ4v) is 2.47. The summed E-state index contributed by atoms with van der Waals surface area (Å²) in [6.07, 6.45) is -0.198. The number of aromatic amines is 1. The van der Waals surface area contributed by atoms with E-state index in [4.69, 9.17) is 27.9 Å². The monoisotopic (exact) mass is 330 g/mol. The van der Waals surface area contributed by atoms with Crippen LogP contribution >= 0.6 is 23.2 Å². The molecule has 3 N–H and O–H groups in total. The van der Waals surface area contributed by atoms with E-state index in [1.807, 2.05) is 0 Å². The predicted octanol–water partition coefficient (Wildman–Crippen LogP) is 2.60. The van der Waals surface area contributed by atoms with Gasteiger partial charge in [0.1, 0.15) is 5.69 Å². The molecule has 0 aliphatic heterocycles. The summed E-state index contributed by atoms with van der Waals surface area (Å²) in [7, 11) is 1.51. The Bertz CT molecular complexity index is 642. The van der Waals surface area contributed by atoms with Gasteiger partial charge in [0.15, 0.2) is 0 Å². The van der Waals surface area contributed by atoms with Gasteiger partial charge in [-0.1, -0.05) is 23.2 Å². The van der Waals surface area contributed by atoms with Crippen molar-refractivity contribution in [1.29, 1.82) is 0 Å². The smallest absolute Gasteiger partial charge is 0.269 e. The molecule has 1 atom stereocenters. The molecule has 0 aliphatic carbocycles. The zero-order chi connectivity index (χ0) is 15.4. The van der Waals surface area contributed by atoms with Crippen molar-refractivity contribution in [2.75, 3.05) is 20.3 Å². The van der Waals surface area contributed by atoms with Gasteiger partial charge in [-0.15, -0.1) is 0 Å². The van der Waals surface area contributed by atoms with E-state index >= 15 is 0 Å². The number of ether oxygens (including phenoxy) is 1. The first-order valence-electron chi connectivity index (χ1n) is 6.45. The summed E-state index contributed by atoms with van der Waals surface area (Å²) in [5.41, 5.74) is 1.03. The van der Waals surface area contributed by atoms with Gasteiger partial charge in [-0.05, 0) is 24.6 Å². The van der Waals surface area contributed by atoms with Crippen molar-refractivity contribution < 1.29 is 14.6 Å². The van der Waals surface area contributed by atoms with Crippen LogP contribution < -0.4 is 5.32 Å². The van der Waals surface area contributed by atoms with Crippen LogP contribution in [0.1, 0.15) is 16.9 Å². The van der Waals surface area contributed by atoms with Gasteiger partial charge in [-0.2, -0.15) is 0 Å². The zero-order valence-electron chi connectivity index (χ0n) is 11.5. The maximum atomic E-state index is 12.1. The van der Waals surface area contributed by atoms with Gasteiger partial charge in [-0.3, -0.25) is 4.79 Å². The highest BCUT2D eigenvalue weighted by Gasteiger charge is 2.16. The van der Waals surface area contributed by atoms with Crippen LogP contribution in [0.3, 0.4) is 0 Å². The summed E-state index contributed by atoms with van der Waals surface area (Å²) in [4.78, 5) is 15.1. The lowest BCUT2D eigenvalue weighted by atomic mass is 10.2. The number of aliphatic hydroxyl groups excluding tert-OH is 1. The number of amides is 1. The maximum absolute atomic E-state index is 12.1. The minimum atomic E-state index is -0.604. The second kappa shape index (κ2) is 7.13. The van der Waals surface area contributed by atoms with Gasteiger partial charge in [0.2, 0.25) is 0 Å². The van der Waals surface area contributed by atoms with E-state index in [9.17, 15) is 9.90 Å². The highest BCUT2D eigenvalue weighted by atomic mass is 35.5. The third-order valence-corrected chi connectivity index (χ3v) is 3.67. The van der Waals surface area contributed by atoms with Crippen LogP contribution in [0.5, 0.6) is 0 Å². The van der Waals surface area contributed by atoms with Crippen molar-refractivity contribution in [2.45, 2.75) is 12.5 Å². The number of carbonyl (C=O) groups excluding carboxylic acids is 1. The molecule has 1 unspecified atom stereocenters. The van der Waals surface area contributed by atoms with Crippen molar-refractivity contribution in [3.8, 4) is 0 Å². The van der Waals surface area contributed by atoms with Crippen LogP contribution in [0, 0.1) is 0 Å². The van der Waals surface area contributed by atoms with Crippen molar-refractivity contribution in [3.05, 3.63) is 33.9 Å². The van der Waals surface area contributed by atoms with E-state index in [1.54, 1.807) is 18.2 Å². The third kappa shape index (κ3) is 3.89. The summed E-state index contributed by atoms with van der Waals surface area (Å²) in [6.45, 7) is 0.567. The predicted molar refractivity (Wildman–Crippen MR) is 83.2 cm³/mol. The second-order valence-corrected chi connectivity index (χ2v) is 5.47. The summed E-state index contributed by atoms with van der Waals surface area (Å²) in [5, 5.41) is 13.8. The largest absolute Gasteiger partial charge is 0.391 e. The SMILES string of the molecule is COCC(O)CCNC(=O)c1[nH]c2ccc(Cl)cc2c1Cl. The number of rotatable bonds is 6. The van der Waals surface area contributed by atoms with E-state index in [1.165, 1.54) is 7.11 Å². The summed E-state index contributed by atoms with van der Waals surface area (Å²) in [5.74, 6) is -0.322. The van der Waals surface area contributed by atoms with Crippen LogP contribution in [0.15, 0.2) is 18.2 Å². The standard InChI is InChI=1S/C14H16Cl2N2O3/c1-21-7-9(19)4-5-17-14(20)13-12(16)10-6-8(15)2-3-11(10)18-13/h2-3,6,9,18-19H,4-5,7H2,1H3,(H,17,20). The molecule has 1 heterocycles. The molecule has 0 bridgehead atoms. The number of aromatic nitrogens is 1. The number of methoxy groups -OCH3 is 1. The van der Waals surface area contributed by atoms with Gasteiger partial charge >= 0.3 is 0 Å². The molecular weight excluding hydrogens is 315 g/mol. The number of fused-ring (bicyclic) bond motifs is 1. The third-order valence-electron chi connectivity index (χ3n) is 3.05. The molecule has 0 fully saturated rings. The Kier molecular flexibility index (Phi) is 5.47. The first kappa shape index (κ1) is 16.1. The molecule has 2 aromatic rings. The van der Waals surface area contributed by atoms with E-state index in [-0.39, 0.29) is 18.2 Å². The number of hydrogen-bond acceptors (Lipinski definition) is 3. The normalized spacial score (nSPS) is 12.6. The fraction of sp³-hybridized carbons (Fsp3) is 0.357. The van der Waals surface area contributed by atoms with E-state index in [2.05, 4.69) is 10.3 Å². The molecule has 0 radical (unpaired) electrons. The van der Waals surface area contributed by atoms with Gasteiger partial charge in [0.05, 0.1) is 17.7 Å². The number of nitrogens with one attached hydrogen (secondary N) is 2. The van der Waals surface area contributed by atoms with Gasteiger partial charge in [0, 0.05) is 29.6 Å². The topological polar surface area (TPSA) is 74.3 Å². The number of benzene rings is 1. The highest BCUT2D eigenvalue weighted by Crippen LogP contribution is 2.29. The molecule has 1 aromatic carbocycles. The molecule has 0 saturated carbocycles. The second-order valence-electron chi connectivity index (χ2n) is 4.66. The average molecular weight is 331 g/mol. The molecule has 0 aliphatic rings. The van der Waals surface area contributed by atoms with Gasteiger partial charge < -0.3 is 20.1 Å². The van der Waals surface area contributed by atoms with Crippen LogP contribution in [-0.4, -0.2) is 42.4 Å². The molecular formula is C14H16Cl2N2O3. The Balaban J connectivity index is 2.04. The van der Waals surface area contributed by atoms with Gasteiger partial charge in [-0.25, -0.2) is 0 Å². The molecule has 1 amide bonds. The van der Waals surface area contributed by atoms with E-state index in [0.29, 0.717) is 28.4 Å². The number of hydrogen-bond donors (Lipinski definition) is 3. The molecule has 2 rings (SSSR count). The molecule has 7 heteroatoms. The van der Waals surface area contributed by atoms with Crippen LogP contribution in [0.25, 0.3) is 10.9 Å². The number of H-pyrrole nitrogens is 1. The summed E-state index contributed by atoms with van der Waals surface area (Å²) >= 11 is 12.1. The first-order valence-corrected chi connectivity index (χ1v) is 7.20. The molecule has 0 spiro atoms. The van der Waals surface area contributed by atoms with Crippen LogP contribution in [0.4, 0.5) is 0 Å². The Morgan fingerprint density at radius 1 is 1.48 bits per heavy atom. The van der Waals surface area contributed by atoms with Crippen LogP contribution in [-0.2, 0) is 4.74 Å². The Hall–Kier alpha value is -1.27. The van der Waals surface area contributed by atoms with Crippen molar-refractivity contribution in [3.63, 3.8) is 0 Å². The molecule has 1 aromatic heterocycles. The first-order chi connectivity index (χ1) is 10.0. The zero-order valence-corrected chi connectivity index (χ0v) is 13.0.